The second-order valence-corrected chi connectivity index (χ2v) is 11.0. The van der Waals surface area contributed by atoms with Gasteiger partial charge in [-0.3, -0.25) is 14.8 Å². The largest absolute Gasteiger partial charge is 0.390 e. The molecule has 0 amide bonds. The van der Waals surface area contributed by atoms with E-state index in [1.165, 1.54) is 6.26 Å². The number of carbonyl (C=O) groups excluding carboxylic acids is 1. The Hall–Kier alpha value is -3.16. The fourth-order valence-electron chi connectivity index (χ4n) is 3.71. The molecule has 0 saturated carbocycles. The molecule has 3 aromatic rings. The van der Waals surface area contributed by atoms with Gasteiger partial charge < -0.3 is 5.11 Å². The van der Waals surface area contributed by atoms with Crippen LogP contribution in [-0.2, 0) is 19.4 Å². The first-order valence-electron chi connectivity index (χ1n) is 10.2. The summed E-state index contributed by atoms with van der Waals surface area (Å²) >= 11 is 0. The van der Waals surface area contributed by atoms with Crippen LogP contribution < -0.4 is 0 Å². The molecule has 0 spiro atoms. The number of rotatable bonds is 5. The summed E-state index contributed by atoms with van der Waals surface area (Å²) < 4.78 is 23.9. The summed E-state index contributed by atoms with van der Waals surface area (Å²) in [6.45, 7) is 3.04. The molecule has 2 heterocycles. The molecule has 4 rings (SSSR count). The van der Waals surface area contributed by atoms with E-state index in [4.69, 9.17) is 0 Å². The number of nitrogens with zero attached hydrogens (tertiary/aromatic N) is 2. The van der Waals surface area contributed by atoms with Gasteiger partial charge in [-0.2, -0.15) is 0 Å². The first-order chi connectivity index (χ1) is 15.1. The first kappa shape index (κ1) is 22.0. The molecule has 0 unspecified atom stereocenters. The van der Waals surface area contributed by atoms with E-state index in [2.05, 4.69) is 9.98 Å². The van der Waals surface area contributed by atoms with E-state index >= 15 is 0 Å². The molecular weight excluding hydrogens is 424 g/mol. The molecule has 1 aromatic heterocycles. The van der Waals surface area contributed by atoms with E-state index in [9.17, 15) is 18.3 Å². The van der Waals surface area contributed by atoms with Crippen molar-refractivity contribution in [3.63, 3.8) is 0 Å². The van der Waals surface area contributed by atoms with Gasteiger partial charge in [0.05, 0.1) is 16.9 Å². The lowest BCUT2D eigenvalue weighted by molar-refractivity contribution is -0.112. The molecule has 32 heavy (non-hydrogen) atoms. The van der Waals surface area contributed by atoms with Gasteiger partial charge in [0, 0.05) is 36.0 Å². The number of pyridine rings is 1. The Morgan fingerprint density at radius 3 is 2.50 bits per heavy atom. The van der Waals surface area contributed by atoms with Crippen molar-refractivity contribution in [1.29, 1.82) is 0 Å². The smallest absolute Gasteiger partial charge is 0.183 e. The van der Waals surface area contributed by atoms with Gasteiger partial charge in [0.15, 0.2) is 15.6 Å². The number of aliphatic imine (C=N–C) groups is 1. The van der Waals surface area contributed by atoms with E-state index in [1.807, 2.05) is 48.5 Å². The summed E-state index contributed by atoms with van der Waals surface area (Å²) in [7, 11) is -3.36. The molecule has 2 aromatic carbocycles. The molecule has 164 valence electrons. The maximum absolute atomic E-state index is 12.5. The fraction of sp³-hybridized carbons (Fsp3) is 0.240. The Morgan fingerprint density at radius 1 is 1.06 bits per heavy atom. The van der Waals surface area contributed by atoms with Gasteiger partial charge in [-0.05, 0) is 60.4 Å². The third-order valence-corrected chi connectivity index (χ3v) is 8.16. The van der Waals surface area contributed by atoms with Crippen LogP contribution in [0.25, 0.3) is 27.6 Å². The van der Waals surface area contributed by atoms with Gasteiger partial charge in [-0.15, -0.1) is 0 Å². The summed E-state index contributed by atoms with van der Waals surface area (Å²) in [6, 6.07) is 15.2. The zero-order chi connectivity index (χ0) is 23.1. The van der Waals surface area contributed by atoms with Gasteiger partial charge >= 0.3 is 0 Å². The van der Waals surface area contributed by atoms with Crippen LogP contribution in [0.2, 0.25) is 0 Å². The Kier molecular flexibility index (Phi) is 5.56. The number of Topliss-reactive ketones (excluding diaryl/α,β-unsaturated/α-hetero) is 1. The van der Waals surface area contributed by atoms with Gasteiger partial charge in [-0.25, -0.2) is 8.42 Å². The highest BCUT2D eigenvalue weighted by molar-refractivity contribution is 7.91. The van der Waals surface area contributed by atoms with Crippen LogP contribution in [-0.4, -0.2) is 42.9 Å². The summed E-state index contributed by atoms with van der Waals surface area (Å²) in [5, 5.41) is 10.1. The van der Waals surface area contributed by atoms with Crippen molar-refractivity contribution >= 4 is 37.8 Å². The van der Waals surface area contributed by atoms with Crippen molar-refractivity contribution in [3.8, 4) is 11.1 Å². The van der Waals surface area contributed by atoms with Crippen LogP contribution in [0, 0.1) is 0 Å². The molecule has 0 atom stereocenters. The third kappa shape index (κ3) is 3.89. The van der Waals surface area contributed by atoms with Gasteiger partial charge in [0.1, 0.15) is 5.71 Å². The number of allylic oxidation sites excluding steroid dienone is 1. The monoisotopic (exact) mass is 448 g/mol. The molecule has 7 heteroatoms. The summed E-state index contributed by atoms with van der Waals surface area (Å²) in [5.41, 5.74) is 4.90. The summed E-state index contributed by atoms with van der Waals surface area (Å²) in [4.78, 5) is 20.8. The predicted molar refractivity (Wildman–Crippen MR) is 127 cm³/mol. The molecule has 1 N–H and O–H groups in total. The van der Waals surface area contributed by atoms with Crippen LogP contribution in [0.1, 0.15) is 31.4 Å². The van der Waals surface area contributed by atoms with Crippen LogP contribution >= 0.6 is 0 Å². The highest BCUT2D eigenvalue weighted by Gasteiger charge is 2.33. The van der Waals surface area contributed by atoms with Crippen molar-refractivity contribution in [2.24, 2.45) is 4.99 Å². The minimum atomic E-state index is -3.36. The third-order valence-electron chi connectivity index (χ3n) is 6.07. The number of sulfone groups is 1. The van der Waals surface area contributed by atoms with Crippen LogP contribution in [0.5, 0.6) is 0 Å². The zero-order valence-corrected chi connectivity index (χ0v) is 19.0. The van der Waals surface area contributed by atoms with E-state index < -0.39 is 14.6 Å². The standard InChI is InChI=1S/C25H24N2O4S/c1-25(2,32(3,30)31)20-11-18-8-5-9-26-24(18)21(13-20)17-7-4-6-16(10-17)19-12-23(29)22(15-28)27-14-19/h4-11,13-14,28H,12,15H2,1-3H3. The Morgan fingerprint density at radius 2 is 1.81 bits per heavy atom. The maximum Gasteiger partial charge on any atom is 0.183 e. The number of fused-ring (bicyclic) bond motifs is 1. The van der Waals surface area contributed by atoms with Crippen LogP contribution in [0.3, 0.4) is 0 Å². The average Bonchev–Trinajstić information content (AvgIpc) is 2.77. The second-order valence-electron chi connectivity index (χ2n) is 8.45. The normalized spacial score (nSPS) is 14.9. The number of aliphatic hydroxyl groups is 1. The van der Waals surface area contributed by atoms with E-state index in [0.717, 1.165) is 33.2 Å². The lowest BCUT2D eigenvalue weighted by atomic mass is 9.91. The lowest BCUT2D eigenvalue weighted by Gasteiger charge is -2.24. The van der Waals surface area contributed by atoms with E-state index in [-0.39, 0.29) is 24.5 Å². The first-order valence-corrected chi connectivity index (χ1v) is 12.1. The van der Waals surface area contributed by atoms with Crippen molar-refractivity contribution in [2.45, 2.75) is 25.0 Å². The average molecular weight is 449 g/mol. The molecule has 0 fully saturated rings. The van der Waals surface area contributed by atoms with Crippen molar-refractivity contribution < 1.29 is 18.3 Å². The number of hydrogen-bond donors (Lipinski definition) is 1. The Balaban J connectivity index is 1.89. The van der Waals surface area contributed by atoms with Crippen molar-refractivity contribution in [1.82, 2.24) is 4.98 Å². The molecule has 0 radical (unpaired) electrons. The predicted octanol–water partition coefficient (Wildman–Crippen LogP) is 3.93. The van der Waals surface area contributed by atoms with Crippen LogP contribution in [0.4, 0.5) is 0 Å². The highest BCUT2D eigenvalue weighted by Crippen LogP contribution is 2.37. The number of carbonyl (C=O) groups is 1. The van der Waals surface area contributed by atoms with Gasteiger partial charge in [0.25, 0.3) is 0 Å². The fourth-order valence-corrected chi connectivity index (χ4v) is 4.26. The number of aliphatic hydroxyl groups excluding tert-OH is 1. The quantitative estimate of drug-likeness (QED) is 0.638. The molecule has 6 nitrogen and oxygen atoms in total. The lowest BCUT2D eigenvalue weighted by Crippen LogP contribution is -2.28. The van der Waals surface area contributed by atoms with E-state index in [1.54, 1.807) is 26.2 Å². The summed E-state index contributed by atoms with van der Waals surface area (Å²) in [5.74, 6) is -0.195. The number of benzene rings is 2. The number of ketones is 1. The van der Waals surface area contributed by atoms with Crippen molar-refractivity contribution in [3.05, 3.63) is 72.1 Å². The minimum absolute atomic E-state index is 0.163. The molecule has 1 aliphatic heterocycles. The second kappa shape index (κ2) is 8.07. The van der Waals surface area contributed by atoms with Crippen LogP contribution in [0.15, 0.2) is 65.9 Å². The Labute approximate surface area is 187 Å². The van der Waals surface area contributed by atoms with Gasteiger partial charge in [-0.1, -0.05) is 24.3 Å². The minimum Gasteiger partial charge on any atom is -0.390 e. The Bertz CT molecular complexity index is 1400. The van der Waals surface area contributed by atoms with E-state index in [0.29, 0.717) is 5.56 Å². The highest BCUT2D eigenvalue weighted by atomic mass is 32.2. The number of hydrogen-bond acceptors (Lipinski definition) is 6. The zero-order valence-electron chi connectivity index (χ0n) is 18.2. The SMILES string of the molecule is CC(C)(c1cc(-c2cccc(C3=CN=C(CO)C(=O)C3)c2)c2ncccc2c1)S(C)(=O)=O. The van der Waals surface area contributed by atoms with Crippen molar-refractivity contribution in [2.75, 3.05) is 12.9 Å². The molecule has 0 bridgehead atoms. The maximum atomic E-state index is 12.5. The molecule has 0 saturated heterocycles. The topological polar surface area (TPSA) is 96.7 Å². The molecule has 1 aliphatic rings. The summed E-state index contributed by atoms with van der Waals surface area (Å²) in [6.07, 6.45) is 4.74. The molecule has 0 aliphatic carbocycles. The molecular formula is C25H24N2O4S. The van der Waals surface area contributed by atoms with Gasteiger partial charge in [0.2, 0.25) is 0 Å². The number of aromatic nitrogens is 1.